The van der Waals surface area contributed by atoms with E-state index in [1.807, 2.05) is 12.1 Å². The highest BCUT2D eigenvalue weighted by atomic mass is 19.4. The van der Waals surface area contributed by atoms with E-state index in [2.05, 4.69) is 5.32 Å². The van der Waals surface area contributed by atoms with E-state index in [0.29, 0.717) is 17.5 Å². The Labute approximate surface area is 160 Å². The molecule has 2 aromatic carbocycles. The zero-order chi connectivity index (χ0) is 20.3. The third kappa shape index (κ3) is 4.52. The molecule has 0 saturated heterocycles. The van der Waals surface area contributed by atoms with Crippen LogP contribution in [0, 0.1) is 0 Å². The summed E-state index contributed by atoms with van der Waals surface area (Å²) in [5.41, 5.74) is -0.392. The van der Waals surface area contributed by atoms with Crippen LogP contribution in [0.4, 0.5) is 18.9 Å². The van der Waals surface area contributed by atoms with Crippen LogP contribution in [-0.4, -0.2) is 17.0 Å². The van der Waals surface area contributed by atoms with Crippen LogP contribution in [-0.2, 0) is 6.18 Å². The van der Waals surface area contributed by atoms with Crippen molar-refractivity contribution in [1.29, 1.82) is 0 Å². The molecular weight excluding hydrogens is 371 g/mol. The van der Waals surface area contributed by atoms with Crippen LogP contribution in [0.3, 0.4) is 0 Å². The Morgan fingerprint density at radius 1 is 0.964 bits per heavy atom. The maximum atomic E-state index is 12.8. The number of carbonyl (C=O) groups is 2. The van der Waals surface area contributed by atoms with Crippen LogP contribution < -0.4 is 5.32 Å². The van der Waals surface area contributed by atoms with Gasteiger partial charge in [-0.25, -0.2) is 4.79 Å². The number of amides is 1. The number of anilines is 1. The van der Waals surface area contributed by atoms with Gasteiger partial charge in [0.25, 0.3) is 5.91 Å². The molecule has 28 heavy (non-hydrogen) atoms. The van der Waals surface area contributed by atoms with E-state index in [0.717, 1.165) is 30.5 Å². The van der Waals surface area contributed by atoms with Gasteiger partial charge in [-0.05, 0) is 54.7 Å². The van der Waals surface area contributed by atoms with Gasteiger partial charge in [0.05, 0.1) is 16.8 Å². The first-order valence-corrected chi connectivity index (χ1v) is 9.11. The normalized spacial score (nSPS) is 15.2. The lowest BCUT2D eigenvalue weighted by molar-refractivity contribution is -0.137. The summed E-state index contributed by atoms with van der Waals surface area (Å²) in [4.78, 5) is 23.8. The smallest absolute Gasteiger partial charge is 0.416 e. The van der Waals surface area contributed by atoms with Gasteiger partial charge < -0.3 is 10.4 Å². The maximum Gasteiger partial charge on any atom is 0.416 e. The van der Waals surface area contributed by atoms with Crippen molar-refractivity contribution in [2.45, 2.75) is 44.2 Å². The predicted octanol–water partition coefficient (Wildman–Crippen LogP) is 5.70. The lowest BCUT2D eigenvalue weighted by atomic mass is 9.84. The number of nitrogens with one attached hydrogen (secondary N) is 1. The molecule has 0 atom stereocenters. The highest BCUT2D eigenvalue weighted by molar-refractivity contribution is 6.07. The van der Waals surface area contributed by atoms with Crippen molar-refractivity contribution in [2.75, 3.05) is 5.32 Å². The quantitative estimate of drug-likeness (QED) is 0.702. The molecule has 1 amide bonds. The van der Waals surface area contributed by atoms with Gasteiger partial charge in [0.1, 0.15) is 0 Å². The van der Waals surface area contributed by atoms with Crippen LogP contribution in [0.15, 0.2) is 42.5 Å². The van der Waals surface area contributed by atoms with Crippen LogP contribution in [0.2, 0.25) is 0 Å². The molecule has 0 radical (unpaired) electrons. The molecule has 1 saturated carbocycles. The van der Waals surface area contributed by atoms with Gasteiger partial charge in [-0.15, -0.1) is 0 Å². The average molecular weight is 391 g/mol. The minimum absolute atomic E-state index is 0.179. The molecule has 1 fully saturated rings. The summed E-state index contributed by atoms with van der Waals surface area (Å²) in [5, 5.41) is 11.6. The van der Waals surface area contributed by atoms with Gasteiger partial charge in [-0.3, -0.25) is 4.79 Å². The minimum Gasteiger partial charge on any atom is -0.478 e. The Kier molecular flexibility index (Phi) is 5.72. The summed E-state index contributed by atoms with van der Waals surface area (Å²) in [5.74, 6) is -1.63. The molecule has 148 valence electrons. The zero-order valence-electron chi connectivity index (χ0n) is 15.1. The summed E-state index contributed by atoms with van der Waals surface area (Å²) in [6.07, 6.45) is 1.22. The molecule has 1 aliphatic carbocycles. The van der Waals surface area contributed by atoms with Gasteiger partial charge >= 0.3 is 12.1 Å². The molecule has 2 N–H and O–H groups in total. The van der Waals surface area contributed by atoms with Crippen LogP contribution in [0.1, 0.15) is 69.9 Å². The van der Waals surface area contributed by atoms with Crippen molar-refractivity contribution in [2.24, 2.45) is 0 Å². The van der Waals surface area contributed by atoms with Crippen molar-refractivity contribution in [3.8, 4) is 0 Å². The highest BCUT2D eigenvalue weighted by Crippen LogP contribution is 2.33. The van der Waals surface area contributed by atoms with Crippen molar-refractivity contribution in [1.82, 2.24) is 0 Å². The third-order valence-electron chi connectivity index (χ3n) is 5.07. The van der Waals surface area contributed by atoms with E-state index in [4.69, 9.17) is 0 Å². The number of halogens is 3. The predicted molar refractivity (Wildman–Crippen MR) is 98.6 cm³/mol. The summed E-state index contributed by atoms with van der Waals surface area (Å²) in [7, 11) is 0. The number of carbonyl (C=O) groups excluding carboxylic acids is 1. The Hall–Kier alpha value is -2.83. The molecular formula is C21H20F3NO3. The first-order valence-electron chi connectivity index (χ1n) is 9.11. The first kappa shape index (κ1) is 19.9. The highest BCUT2D eigenvalue weighted by Gasteiger charge is 2.32. The van der Waals surface area contributed by atoms with E-state index in [1.165, 1.54) is 19.3 Å². The monoisotopic (exact) mass is 391 g/mol. The molecule has 4 nitrogen and oxygen atoms in total. The SMILES string of the molecule is O=C(Nc1ccc(C(F)(F)F)cc1C(=O)O)c1ccc(C2CCCCC2)cc1. The van der Waals surface area contributed by atoms with Gasteiger partial charge in [0, 0.05) is 5.56 Å². The fourth-order valence-electron chi connectivity index (χ4n) is 3.54. The van der Waals surface area contributed by atoms with E-state index < -0.39 is 29.2 Å². The molecule has 3 rings (SSSR count). The Bertz CT molecular complexity index is 869. The molecule has 1 aliphatic rings. The third-order valence-corrected chi connectivity index (χ3v) is 5.07. The van der Waals surface area contributed by atoms with Crippen LogP contribution >= 0.6 is 0 Å². The topological polar surface area (TPSA) is 66.4 Å². The number of carboxylic acid groups (broad SMARTS) is 1. The van der Waals surface area contributed by atoms with Crippen molar-refractivity contribution >= 4 is 17.6 Å². The number of aromatic carboxylic acids is 1. The molecule has 0 aromatic heterocycles. The number of carboxylic acids is 1. The van der Waals surface area contributed by atoms with Gasteiger partial charge in [-0.2, -0.15) is 13.2 Å². The van der Waals surface area contributed by atoms with E-state index in [9.17, 15) is 27.9 Å². The van der Waals surface area contributed by atoms with E-state index >= 15 is 0 Å². The molecule has 0 heterocycles. The number of hydrogen-bond acceptors (Lipinski definition) is 2. The second-order valence-electron chi connectivity index (χ2n) is 6.97. The standard InChI is InChI=1S/C21H20F3NO3/c22-21(23,24)16-10-11-18(17(12-16)20(27)28)25-19(26)15-8-6-14(7-9-15)13-4-2-1-3-5-13/h6-13H,1-5H2,(H,25,26)(H,27,28). The Morgan fingerprint density at radius 2 is 1.61 bits per heavy atom. The van der Waals surface area contributed by atoms with E-state index in [-0.39, 0.29) is 5.69 Å². The summed E-state index contributed by atoms with van der Waals surface area (Å²) in [6, 6.07) is 9.30. The lowest BCUT2D eigenvalue weighted by Gasteiger charge is -2.22. The molecule has 0 bridgehead atoms. The molecule has 0 spiro atoms. The maximum absolute atomic E-state index is 12.8. The molecule has 2 aromatic rings. The Morgan fingerprint density at radius 3 is 2.18 bits per heavy atom. The largest absolute Gasteiger partial charge is 0.478 e. The summed E-state index contributed by atoms with van der Waals surface area (Å²) >= 11 is 0. The second-order valence-corrected chi connectivity index (χ2v) is 6.97. The van der Waals surface area contributed by atoms with Gasteiger partial charge in [0.15, 0.2) is 0 Å². The van der Waals surface area contributed by atoms with Crippen molar-refractivity contribution in [3.63, 3.8) is 0 Å². The minimum atomic E-state index is -4.66. The van der Waals surface area contributed by atoms with E-state index in [1.54, 1.807) is 12.1 Å². The number of benzene rings is 2. The Balaban J connectivity index is 1.78. The van der Waals surface area contributed by atoms with Gasteiger partial charge in [0.2, 0.25) is 0 Å². The lowest BCUT2D eigenvalue weighted by Crippen LogP contribution is -2.16. The summed E-state index contributed by atoms with van der Waals surface area (Å²) < 4.78 is 38.4. The number of alkyl halides is 3. The number of hydrogen-bond donors (Lipinski definition) is 2. The first-order chi connectivity index (χ1) is 13.3. The zero-order valence-corrected chi connectivity index (χ0v) is 15.1. The van der Waals surface area contributed by atoms with Crippen molar-refractivity contribution in [3.05, 3.63) is 64.7 Å². The molecule has 7 heteroatoms. The van der Waals surface area contributed by atoms with Crippen LogP contribution in [0.25, 0.3) is 0 Å². The van der Waals surface area contributed by atoms with Gasteiger partial charge in [-0.1, -0.05) is 31.4 Å². The summed E-state index contributed by atoms with van der Waals surface area (Å²) in [6.45, 7) is 0. The molecule has 0 aliphatic heterocycles. The molecule has 0 unspecified atom stereocenters. The van der Waals surface area contributed by atoms with Crippen molar-refractivity contribution < 1.29 is 27.9 Å². The van der Waals surface area contributed by atoms with Crippen LogP contribution in [0.5, 0.6) is 0 Å². The fourth-order valence-corrected chi connectivity index (χ4v) is 3.54. The second kappa shape index (κ2) is 8.04. The average Bonchev–Trinajstić information content (AvgIpc) is 2.68. The number of rotatable bonds is 4. The fraction of sp³-hybridized carbons (Fsp3) is 0.333.